The number of allylic oxidation sites excluding steroid dienone is 2. The van der Waals surface area contributed by atoms with Gasteiger partial charge in [0.15, 0.2) is 0 Å². The summed E-state index contributed by atoms with van der Waals surface area (Å²) in [6, 6.07) is 0. The lowest BCUT2D eigenvalue weighted by atomic mass is 10.2. The molecule has 0 saturated carbocycles. The highest BCUT2D eigenvalue weighted by Gasteiger charge is 1.92. The molecule has 0 aliphatic heterocycles. The van der Waals surface area contributed by atoms with E-state index in [9.17, 15) is 10.1 Å². The van der Waals surface area contributed by atoms with Crippen LogP contribution in [0, 0.1) is 10.1 Å². The molecule has 0 fully saturated rings. The lowest BCUT2D eigenvalue weighted by Gasteiger charge is -1.95. The van der Waals surface area contributed by atoms with E-state index < -0.39 is 5.09 Å². The zero-order valence-corrected chi connectivity index (χ0v) is 7.36. The first kappa shape index (κ1) is 10.9. The first-order valence-corrected chi connectivity index (χ1v) is 4.19. The molecule has 70 valence electrons. The molecule has 4 heteroatoms. The second kappa shape index (κ2) is 8.04. The van der Waals surface area contributed by atoms with Crippen molar-refractivity contribution < 1.29 is 9.92 Å². The molecule has 0 aromatic heterocycles. The maximum atomic E-state index is 9.70. The lowest BCUT2D eigenvalue weighted by Crippen LogP contribution is -2.01. The highest BCUT2D eigenvalue weighted by atomic mass is 16.9. The third-order valence-electron chi connectivity index (χ3n) is 1.36. The van der Waals surface area contributed by atoms with Crippen molar-refractivity contribution in [3.8, 4) is 0 Å². The van der Waals surface area contributed by atoms with Gasteiger partial charge in [-0.2, -0.15) is 0 Å². The van der Waals surface area contributed by atoms with Gasteiger partial charge in [0.1, 0.15) is 0 Å². The molecule has 0 saturated heterocycles. The van der Waals surface area contributed by atoms with Crippen LogP contribution in [0.5, 0.6) is 0 Å². The van der Waals surface area contributed by atoms with Crippen LogP contribution < -0.4 is 0 Å². The molecule has 4 nitrogen and oxygen atoms in total. The van der Waals surface area contributed by atoms with E-state index in [4.69, 9.17) is 0 Å². The summed E-state index contributed by atoms with van der Waals surface area (Å²) < 4.78 is 0. The normalized spacial score (nSPS) is 10.4. The largest absolute Gasteiger partial charge is 0.314 e. The van der Waals surface area contributed by atoms with Gasteiger partial charge in [0.05, 0.1) is 6.61 Å². The Morgan fingerprint density at radius 3 is 2.75 bits per heavy atom. The molecule has 0 rings (SSSR count). The van der Waals surface area contributed by atoms with Gasteiger partial charge in [0.2, 0.25) is 0 Å². The van der Waals surface area contributed by atoms with Crippen molar-refractivity contribution in [3.05, 3.63) is 22.3 Å². The van der Waals surface area contributed by atoms with E-state index in [1.807, 2.05) is 0 Å². The third-order valence-corrected chi connectivity index (χ3v) is 1.36. The fraction of sp³-hybridized carbons (Fsp3) is 0.750. The van der Waals surface area contributed by atoms with Crippen molar-refractivity contribution in [1.29, 1.82) is 0 Å². The van der Waals surface area contributed by atoms with Crippen molar-refractivity contribution in [1.82, 2.24) is 0 Å². The Balaban J connectivity index is 3.00. The van der Waals surface area contributed by atoms with Crippen LogP contribution in [0.15, 0.2) is 12.2 Å². The Kier molecular flexibility index (Phi) is 7.33. The lowest BCUT2D eigenvalue weighted by molar-refractivity contribution is -0.757. The predicted molar refractivity (Wildman–Crippen MR) is 46.2 cm³/mol. The summed E-state index contributed by atoms with van der Waals surface area (Å²) in [5.41, 5.74) is 0. The van der Waals surface area contributed by atoms with Crippen LogP contribution in [0.25, 0.3) is 0 Å². The Bertz CT molecular complexity index is 145. The van der Waals surface area contributed by atoms with Crippen molar-refractivity contribution in [2.24, 2.45) is 0 Å². The minimum Gasteiger partial charge on any atom is -0.314 e. The number of unbranched alkanes of at least 4 members (excludes halogenated alkanes) is 2. The van der Waals surface area contributed by atoms with Crippen molar-refractivity contribution in [2.45, 2.75) is 32.6 Å². The van der Waals surface area contributed by atoms with E-state index in [0.717, 1.165) is 25.7 Å². The minimum absolute atomic E-state index is 0.215. The molecular weight excluding hydrogens is 158 g/mol. The molecule has 0 unspecified atom stereocenters. The SMILES string of the molecule is CCC=CCCCCO[N+](=O)[O-]. The number of hydrogen-bond acceptors (Lipinski definition) is 3. The van der Waals surface area contributed by atoms with E-state index in [-0.39, 0.29) is 6.61 Å². The highest BCUT2D eigenvalue weighted by Crippen LogP contribution is 1.97. The fourth-order valence-electron chi connectivity index (χ4n) is 0.788. The minimum atomic E-state index is -0.748. The zero-order chi connectivity index (χ0) is 9.23. The van der Waals surface area contributed by atoms with E-state index >= 15 is 0 Å². The van der Waals surface area contributed by atoms with Gasteiger partial charge in [-0.25, -0.2) is 0 Å². The van der Waals surface area contributed by atoms with E-state index in [1.165, 1.54) is 0 Å². The van der Waals surface area contributed by atoms with Crippen LogP contribution in [-0.2, 0) is 4.84 Å². The van der Waals surface area contributed by atoms with Gasteiger partial charge in [0.25, 0.3) is 5.09 Å². The number of hydrogen-bond donors (Lipinski definition) is 0. The standard InChI is InChI=1S/C8H15NO3/c1-2-3-4-5-6-7-8-12-9(10)11/h3-4H,2,5-8H2,1H3. The first-order valence-electron chi connectivity index (χ1n) is 4.19. The molecule has 0 aliphatic carbocycles. The maximum absolute atomic E-state index is 9.70. The summed E-state index contributed by atoms with van der Waals surface area (Å²) >= 11 is 0. The molecule has 0 aromatic rings. The van der Waals surface area contributed by atoms with E-state index in [0.29, 0.717) is 0 Å². The molecule has 0 N–H and O–H groups in total. The van der Waals surface area contributed by atoms with Gasteiger partial charge in [-0.1, -0.05) is 19.1 Å². The van der Waals surface area contributed by atoms with Gasteiger partial charge in [-0.3, -0.25) is 0 Å². The Morgan fingerprint density at radius 1 is 1.42 bits per heavy atom. The fourth-order valence-corrected chi connectivity index (χ4v) is 0.788. The van der Waals surface area contributed by atoms with Crippen LogP contribution in [0.3, 0.4) is 0 Å². The number of rotatable bonds is 7. The molecule has 0 spiro atoms. The quantitative estimate of drug-likeness (QED) is 0.257. The smallest absolute Gasteiger partial charge is 0.294 e. The second-order valence-corrected chi connectivity index (χ2v) is 2.43. The molecular formula is C8H15NO3. The average molecular weight is 173 g/mol. The van der Waals surface area contributed by atoms with Gasteiger partial charge in [0, 0.05) is 0 Å². The van der Waals surface area contributed by atoms with Crippen molar-refractivity contribution in [2.75, 3.05) is 6.61 Å². The summed E-state index contributed by atoms with van der Waals surface area (Å²) in [5.74, 6) is 0. The molecule has 0 aliphatic rings. The predicted octanol–water partition coefficient (Wildman–Crippen LogP) is 2.33. The van der Waals surface area contributed by atoms with Gasteiger partial charge >= 0.3 is 0 Å². The van der Waals surface area contributed by atoms with Crippen molar-refractivity contribution >= 4 is 0 Å². The molecule has 0 atom stereocenters. The maximum Gasteiger partial charge on any atom is 0.294 e. The zero-order valence-electron chi connectivity index (χ0n) is 7.36. The monoisotopic (exact) mass is 173 g/mol. The van der Waals surface area contributed by atoms with Crippen LogP contribution in [0.2, 0.25) is 0 Å². The van der Waals surface area contributed by atoms with Crippen LogP contribution in [0.1, 0.15) is 32.6 Å². The Morgan fingerprint density at radius 2 is 2.17 bits per heavy atom. The van der Waals surface area contributed by atoms with Gasteiger partial charge in [-0.05, 0) is 25.7 Å². The molecule has 12 heavy (non-hydrogen) atoms. The molecule has 0 aromatic carbocycles. The van der Waals surface area contributed by atoms with Crippen molar-refractivity contribution in [3.63, 3.8) is 0 Å². The third kappa shape index (κ3) is 8.94. The molecule has 0 amide bonds. The first-order chi connectivity index (χ1) is 5.77. The summed E-state index contributed by atoms with van der Waals surface area (Å²) in [6.45, 7) is 2.29. The van der Waals surface area contributed by atoms with Gasteiger partial charge in [-0.15, -0.1) is 10.1 Å². The summed E-state index contributed by atoms with van der Waals surface area (Å²) in [7, 11) is 0. The second-order valence-electron chi connectivity index (χ2n) is 2.43. The van der Waals surface area contributed by atoms with Gasteiger partial charge < -0.3 is 4.84 Å². The molecule has 0 heterocycles. The summed E-state index contributed by atoms with van der Waals surface area (Å²) in [6.07, 6.45) is 7.90. The van der Waals surface area contributed by atoms with Crippen LogP contribution in [0.4, 0.5) is 0 Å². The Labute approximate surface area is 72.3 Å². The molecule has 0 radical (unpaired) electrons. The highest BCUT2D eigenvalue weighted by molar-refractivity contribution is 4.79. The molecule has 0 bridgehead atoms. The number of nitrogens with zero attached hydrogens (tertiary/aromatic N) is 1. The van der Waals surface area contributed by atoms with Crippen LogP contribution in [-0.4, -0.2) is 11.7 Å². The summed E-state index contributed by atoms with van der Waals surface area (Å²) in [4.78, 5) is 13.9. The van der Waals surface area contributed by atoms with E-state index in [1.54, 1.807) is 0 Å². The average Bonchev–Trinajstić information content (AvgIpc) is 2.02. The Hall–Kier alpha value is -1.06. The van der Waals surface area contributed by atoms with Crippen LogP contribution >= 0.6 is 0 Å². The topological polar surface area (TPSA) is 52.4 Å². The summed E-state index contributed by atoms with van der Waals surface area (Å²) in [5, 5.41) is 8.96. The van der Waals surface area contributed by atoms with E-state index in [2.05, 4.69) is 23.9 Å².